The summed E-state index contributed by atoms with van der Waals surface area (Å²) < 4.78 is 10.8. The van der Waals surface area contributed by atoms with E-state index in [1.54, 1.807) is 31.3 Å². The van der Waals surface area contributed by atoms with Gasteiger partial charge in [0.2, 0.25) is 5.91 Å². The second-order valence-corrected chi connectivity index (χ2v) is 8.65. The molecule has 7 nitrogen and oxygen atoms in total. The first-order valence-corrected chi connectivity index (χ1v) is 11.8. The zero-order chi connectivity index (χ0) is 25.7. The van der Waals surface area contributed by atoms with E-state index in [0.29, 0.717) is 35.7 Å². The Bertz CT molecular complexity index is 1290. The number of aromatic nitrogens is 1. The lowest BCUT2D eigenvalue weighted by Crippen LogP contribution is -2.47. The number of methoxy groups -OCH3 is 2. The normalized spacial score (nSPS) is 17.2. The molecule has 0 saturated carbocycles. The molecule has 1 aromatic heterocycles. The van der Waals surface area contributed by atoms with E-state index >= 15 is 0 Å². The molecule has 0 bridgehead atoms. The zero-order valence-corrected chi connectivity index (χ0v) is 20.8. The maximum absolute atomic E-state index is 14.1. The van der Waals surface area contributed by atoms with Gasteiger partial charge < -0.3 is 24.7 Å². The molecule has 0 spiro atoms. The van der Waals surface area contributed by atoms with Crippen molar-refractivity contribution >= 4 is 23.6 Å². The lowest BCUT2D eigenvalue weighted by Gasteiger charge is -2.41. The molecule has 2 N–H and O–H groups in total. The third-order valence-corrected chi connectivity index (χ3v) is 6.41. The van der Waals surface area contributed by atoms with Gasteiger partial charge in [-0.1, -0.05) is 49.1 Å². The van der Waals surface area contributed by atoms with E-state index < -0.39 is 12.0 Å². The van der Waals surface area contributed by atoms with Crippen molar-refractivity contribution in [3.8, 4) is 5.75 Å². The number of ether oxygens (including phenoxy) is 2. The fourth-order valence-electron chi connectivity index (χ4n) is 4.75. The standard InChI is InChI=1S/C29H31N3O4/c1-5-6-9-20-17-30-18-23(20)27-26(28(33)31-24-16-19(2)12-13-25(24)36-4)21-10-7-8-11-22(21)29(34)32(27)14-15-35-3/h5-13,16-18,26-27,30H,1,14-15H2,2-4H3,(H,31,33)/b9-6-. The summed E-state index contributed by atoms with van der Waals surface area (Å²) in [5.74, 6) is -0.471. The first-order chi connectivity index (χ1) is 17.5. The monoisotopic (exact) mass is 485 g/mol. The highest BCUT2D eigenvalue weighted by atomic mass is 16.5. The van der Waals surface area contributed by atoms with Gasteiger partial charge in [-0.15, -0.1) is 0 Å². The minimum atomic E-state index is -0.673. The molecule has 2 amide bonds. The fourth-order valence-corrected chi connectivity index (χ4v) is 4.75. The highest BCUT2D eigenvalue weighted by Gasteiger charge is 2.45. The molecular formula is C29H31N3O4. The number of nitrogens with one attached hydrogen (secondary N) is 2. The Morgan fingerprint density at radius 3 is 2.72 bits per heavy atom. The average Bonchev–Trinajstić information content (AvgIpc) is 3.35. The quantitative estimate of drug-likeness (QED) is 0.413. The number of amides is 2. The van der Waals surface area contributed by atoms with Crippen LogP contribution in [-0.2, 0) is 9.53 Å². The molecule has 36 heavy (non-hydrogen) atoms. The molecule has 186 valence electrons. The van der Waals surface area contributed by atoms with Gasteiger partial charge in [-0.25, -0.2) is 0 Å². The number of hydrogen-bond acceptors (Lipinski definition) is 4. The number of fused-ring (bicyclic) bond motifs is 1. The Morgan fingerprint density at radius 1 is 1.17 bits per heavy atom. The van der Waals surface area contributed by atoms with Gasteiger partial charge in [0.15, 0.2) is 0 Å². The Balaban J connectivity index is 1.87. The van der Waals surface area contributed by atoms with Crippen molar-refractivity contribution in [3.05, 3.63) is 101 Å². The van der Waals surface area contributed by atoms with Gasteiger partial charge in [0, 0.05) is 37.2 Å². The van der Waals surface area contributed by atoms with Crippen LogP contribution in [0.2, 0.25) is 0 Å². The summed E-state index contributed by atoms with van der Waals surface area (Å²) in [5.41, 5.74) is 4.49. The van der Waals surface area contributed by atoms with Crippen molar-refractivity contribution in [1.29, 1.82) is 0 Å². The van der Waals surface area contributed by atoms with Crippen LogP contribution in [0.4, 0.5) is 5.69 Å². The molecule has 3 aromatic rings. The maximum Gasteiger partial charge on any atom is 0.254 e. The van der Waals surface area contributed by atoms with Crippen LogP contribution < -0.4 is 10.1 Å². The maximum atomic E-state index is 14.1. The van der Waals surface area contributed by atoms with E-state index in [9.17, 15) is 9.59 Å². The number of H-pyrrole nitrogens is 1. The van der Waals surface area contributed by atoms with Crippen LogP contribution in [0, 0.1) is 6.92 Å². The third-order valence-electron chi connectivity index (χ3n) is 6.41. The summed E-state index contributed by atoms with van der Waals surface area (Å²) in [6.45, 7) is 6.39. The van der Waals surface area contributed by atoms with Gasteiger partial charge in [-0.3, -0.25) is 9.59 Å². The molecule has 7 heteroatoms. The fraction of sp³-hybridized carbons (Fsp3) is 0.241. The second kappa shape index (κ2) is 11.1. The van der Waals surface area contributed by atoms with Gasteiger partial charge in [0.25, 0.3) is 5.91 Å². The Kier molecular flexibility index (Phi) is 7.71. The number of anilines is 1. The Hall–Kier alpha value is -4.10. The number of carbonyl (C=O) groups is 2. The van der Waals surface area contributed by atoms with Crippen molar-refractivity contribution in [1.82, 2.24) is 9.88 Å². The van der Waals surface area contributed by atoms with Crippen LogP contribution in [0.1, 0.15) is 44.6 Å². The summed E-state index contributed by atoms with van der Waals surface area (Å²) in [5, 5.41) is 3.08. The van der Waals surface area contributed by atoms with Crippen LogP contribution in [-0.4, -0.2) is 49.1 Å². The van der Waals surface area contributed by atoms with Crippen molar-refractivity contribution in [2.45, 2.75) is 18.9 Å². The van der Waals surface area contributed by atoms with Crippen LogP contribution in [0.5, 0.6) is 5.75 Å². The molecule has 0 saturated heterocycles. The van der Waals surface area contributed by atoms with Crippen molar-refractivity contribution in [2.75, 3.05) is 32.7 Å². The number of carbonyl (C=O) groups excluding carboxylic acids is 2. The van der Waals surface area contributed by atoms with Gasteiger partial charge in [-0.2, -0.15) is 0 Å². The largest absolute Gasteiger partial charge is 0.495 e. The van der Waals surface area contributed by atoms with Gasteiger partial charge in [0.1, 0.15) is 5.75 Å². The van der Waals surface area contributed by atoms with Crippen molar-refractivity contribution < 1.29 is 19.1 Å². The summed E-state index contributed by atoms with van der Waals surface area (Å²) in [7, 11) is 3.17. The highest BCUT2D eigenvalue weighted by Crippen LogP contribution is 2.44. The molecule has 0 fully saturated rings. The topological polar surface area (TPSA) is 83.7 Å². The minimum absolute atomic E-state index is 0.135. The molecule has 2 aromatic carbocycles. The lowest BCUT2D eigenvalue weighted by atomic mass is 9.78. The number of hydrogen-bond donors (Lipinski definition) is 2. The molecule has 1 aliphatic rings. The number of benzene rings is 2. The number of allylic oxidation sites excluding steroid dienone is 2. The van der Waals surface area contributed by atoms with E-state index in [4.69, 9.17) is 9.47 Å². The Labute approximate surface area is 211 Å². The van der Waals surface area contributed by atoms with E-state index in [1.807, 2.05) is 67.9 Å². The molecule has 0 radical (unpaired) electrons. The first-order valence-electron chi connectivity index (χ1n) is 11.8. The van der Waals surface area contributed by atoms with Gasteiger partial charge >= 0.3 is 0 Å². The number of rotatable bonds is 9. The molecule has 2 unspecified atom stereocenters. The molecule has 2 heterocycles. The summed E-state index contributed by atoms with van der Waals surface area (Å²) in [6, 6.07) is 12.4. The van der Waals surface area contributed by atoms with Crippen LogP contribution in [0.3, 0.4) is 0 Å². The van der Waals surface area contributed by atoms with E-state index in [1.165, 1.54) is 0 Å². The summed E-state index contributed by atoms with van der Waals surface area (Å²) in [4.78, 5) is 32.7. The molecule has 2 atom stereocenters. The van der Waals surface area contributed by atoms with E-state index in [0.717, 1.165) is 16.7 Å². The predicted octanol–water partition coefficient (Wildman–Crippen LogP) is 5.10. The summed E-state index contributed by atoms with van der Waals surface area (Å²) in [6.07, 6.45) is 9.14. The molecular weight excluding hydrogens is 454 g/mol. The van der Waals surface area contributed by atoms with E-state index in [-0.39, 0.29) is 11.8 Å². The smallest absolute Gasteiger partial charge is 0.254 e. The van der Waals surface area contributed by atoms with Crippen LogP contribution in [0.25, 0.3) is 6.08 Å². The highest BCUT2D eigenvalue weighted by molar-refractivity contribution is 6.05. The van der Waals surface area contributed by atoms with Gasteiger partial charge in [0.05, 0.1) is 31.4 Å². The first kappa shape index (κ1) is 25.0. The zero-order valence-electron chi connectivity index (χ0n) is 20.8. The lowest BCUT2D eigenvalue weighted by molar-refractivity contribution is -0.119. The van der Waals surface area contributed by atoms with Gasteiger partial charge in [-0.05, 0) is 41.8 Å². The molecule has 4 rings (SSSR count). The molecule has 0 aliphatic carbocycles. The number of aromatic amines is 1. The SMILES string of the molecule is C=C/C=C\c1c[nH]cc1C1C(C(=O)Nc2cc(C)ccc2OC)c2ccccc2C(=O)N1CCOC. The van der Waals surface area contributed by atoms with Crippen LogP contribution >= 0.6 is 0 Å². The van der Waals surface area contributed by atoms with Crippen molar-refractivity contribution in [3.63, 3.8) is 0 Å². The minimum Gasteiger partial charge on any atom is -0.495 e. The summed E-state index contributed by atoms with van der Waals surface area (Å²) >= 11 is 0. The number of nitrogens with zero attached hydrogens (tertiary/aromatic N) is 1. The average molecular weight is 486 g/mol. The Morgan fingerprint density at radius 2 is 1.97 bits per heavy atom. The number of aryl methyl sites for hydroxylation is 1. The predicted molar refractivity (Wildman–Crippen MR) is 141 cm³/mol. The van der Waals surface area contributed by atoms with E-state index in [2.05, 4.69) is 16.9 Å². The third kappa shape index (κ3) is 4.83. The van der Waals surface area contributed by atoms with Crippen molar-refractivity contribution in [2.24, 2.45) is 0 Å². The molecule has 1 aliphatic heterocycles. The van der Waals surface area contributed by atoms with Crippen LogP contribution in [0.15, 0.2) is 73.6 Å². The second-order valence-electron chi connectivity index (χ2n) is 8.65.